The molecule has 0 radical (unpaired) electrons. The molecule has 0 bridgehead atoms. The number of aliphatic hydroxyl groups excluding tert-OH is 1. The average molecular weight is 350 g/mol. The van der Waals surface area contributed by atoms with E-state index >= 15 is 0 Å². The largest absolute Gasteiger partial charge is 0.395 e. The summed E-state index contributed by atoms with van der Waals surface area (Å²) in [4.78, 5) is 0. The molecule has 0 amide bonds. The first-order valence-corrected chi connectivity index (χ1v) is 11.0. The van der Waals surface area contributed by atoms with Crippen molar-refractivity contribution in [3.05, 3.63) is 0 Å². The Balaban J connectivity index is 1.55. The molecule has 0 saturated heterocycles. The molecular formula is C22H39NO2. The lowest BCUT2D eigenvalue weighted by atomic mass is 9.44. The molecule has 0 heterocycles. The second-order valence-electron chi connectivity index (χ2n) is 10.3. The number of nitrogens with one attached hydrogen (secondary N) is 1. The van der Waals surface area contributed by atoms with Crippen LogP contribution in [0.2, 0.25) is 0 Å². The monoisotopic (exact) mass is 349 g/mol. The molecule has 7 atom stereocenters. The van der Waals surface area contributed by atoms with E-state index in [1.165, 1.54) is 57.8 Å². The van der Waals surface area contributed by atoms with E-state index in [9.17, 15) is 5.11 Å². The molecule has 4 rings (SSSR count). The summed E-state index contributed by atoms with van der Waals surface area (Å²) in [5.41, 5.74) is 0.0644. The minimum atomic E-state index is -0.581. The van der Waals surface area contributed by atoms with E-state index < -0.39 is 5.60 Å². The summed E-state index contributed by atoms with van der Waals surface area (Å²) in [7, 11) is 0. The molecule has 3 N–H and O–H groups in total. The van der Waals surface area contributed by atoms with Gasteiger partial charge in [0.2, 0.25) is 0 Å². The molecule has 0 aromatic carbocycles. The van der Waals surface area contributed by atoms with Crippen LogP contribution in [0.1, 0.15) is 78.1 Å². The van der Waals surface area contributed by atoms with Gasteiger partial charge < -0.3 is 15.5 Å². The summed E-state index contributed by atoms with van der Waals surface area (Å²) in [5.74, 6) is 3.41. The zero-order valence-corrected chi connectivity index (χ0v) is 16.4. The average Bonchev–Trinajstić information content (AvgIpc) is 2.86. The normalized spacial score (nSPS) is 52.3. The van der Waals surface area contributed by atoms with E-state index in [4.69, 9.17) is 5.11 Å². The third-order valence-electron chi connectivity index (χ3n) is 9.61. The summed E-state index contributed by atoms with van der Waals surface area (Å²) in [6, 6.07) is 0. The Kier molecular flexibility index (Phi) is 4.74. The van der Waals surface area contributed by atoms with Crippen molar-refractivity contribution in [2.24, 2.45) is 34.5 Å². The van der Waals surface area contributed by atoms with Crippen LogP contribution in [-0.2, 0) is 0 Å². The van der Waals surface area contributed by atoms with Crippen molar-refractivity contribution in [3.63, 3.8) is 0 Å². The van der Waals surface area contributed by atoms with Crippen LogP contribution in [-0.4, -0.2) is 35.5 Å². The molecule has 144 valence electrons. The smallest absolute Gasteiger partial charge is 0.0827 e. The molecule has 4 saturated carbocycles. The van der Waals surface area contributed by atoms with Crippen molar-refractivity contribution in [2.75, 3.05) is 19.7 Å². The molecule has 0 unspecified atom stereocenters. The quantitative estimate of drug-likeness (QED) is 0.678. The first kappa shape index (κ1) is 18.3. The van der Waals surface area contributed by atoms with Gasteiger partial charge >= 0.3 is 0 Å². The Morgan fingerprint density at radius 2 is 1.72 bits per heavy atom. The van der Waals surface area contributed by atoms with Crippen molar-refractivity contribution >= 4 is 0 Å². The maximum Gasteiger partial charge on any atom is 0.0827 e. The highest BCUT2D eigenvalue weighted by atomic mass is 16.3. The summed E-state index contributed by atoms with van der Waals surface area (Å²) < 4.78 is 0. The number of fused-ring (bicyclic) bond motifs is 5. The molecule has 0 aromatic heterocycles. The fraction of sp³-hybridized carbons (Fsp3) is 1.00. The van der Waals surface area contributed by atoms with Crippen LogP contribution in [0.25, 0.3) is 0 Å². The lowest BCUT2D eigenvalue weighted by molar-refractivity contribution is -0.150. The maximum absolute atomic E-state index is 11.5. The predicted molar refractivity (Wildman–Crippen MR) is 101 cm³/mol. The van der Waals surface area contributed by atoms with E-state index in [1.54, 1.807) is 0 Å². The highest BCUT2D eigenvalue weighted by molar-refractivity contribution is 5.14. The van der Waals surface area contributed by atoms with Crippen molar-refractivity contribution < 1.29 is 10.2 Å². The van der Waals surface area contributed by atoms with E-state index in [0.29, 0.717) is 24.4 Å². The van der Waals surface area contributed by atoms with Crippen LogP contribution in [0.5, 0.6) is 0 Å². The van der Waals surface area contributed by atoms with Gasteiger partial charge in [0.15, 0.2) is 0 Å². The SMILES string of the molecule is C[C@@]12CCCC[C@H]1CC[C@H]1[C@H]3CC[C@](O)(CNCCO)[C@]3(C)CC[C@@H]12. The third kappa shape index (κ3) is 2.63. The highest BCUT2D eigenvalue weighted by Crippen LogP contribution is 2.68. The van der Waals surface area contributed by atoms with Gasteiger partial charge in [-0.05, 0) is 80.5 Å². The van der Waals surface area contributed by atoms with Gasteiger partial charge in [-0.2, -0.15) is 0 Å². The van der Waals surface area contributed by atoms with E-state index in [1.807, 2.05) is 0 Å². The minimum Gasteiger partial charge on any atom is -0.395 e. The van der Waals surface area contributed by atoms with Crippen LogP contribution >= 0.6 is 0 Å². The number of aliphatic hydroxyl groups is 2. The van der Waals surface area contributed by atoms with Crippen LogP contribution in [0.15, 0.2) is 0 Å². The number of rotatable bonds is 4. The van der Waals surface area contributed by atoms with Crippen LogP contribution in [0.3, 0.4) is 0 Å². The van der Waals surface area contributed by atoms with E-state index in [-0.39, 0.29) is 12.0 Å². The third-order valence-corrected chi connectivity index (χ3v) is 9.61. The second-order valence-corrected chi connectivity index (χ2v) is 10.3. The van der Waals surface area contributed by atoms with Crippen LogP contribution in [0, 0.1) is 34.5 Å². The van der Waals surface area contributed by atoms with Gasteiger partial charge in [0.05, 0.1) is 12.2 Å². The van der Waals surface area contributed by atoms with Crippen LogP contribution < -0.4 is 5.32 Å². The summed E-state index contributed by atoms with van der Waals surface area (Å²) >= 11 is 0. The van der Waals surface area contributed by atoms with Gasteiger partial charge in [-0.1, -0.05) is 26.7 Å². The zero-order chi connectivity index (χ0) is 17.7. The molecule has 4 fully saturated rings. The fourth-order valence-electron chi connectivity index (χ4n) is 8.07. The standard InChI is InChI=1S/C22H39NO2/c1-20-10-4-3-5-16(20)6-7-17-18(20)8-11-21(2)19(17)9-12-22(21,25)15-23-13-14-24/h16-19,23-25H,3-15H2,1-2H3/t16-,17+,18-,19+,20+,21+,22-/m0/s1. The molecule has 0 spiro atoms. The highest BCUT2D eigenvalue weighted by Gasteiger charge is 2.64. The maximum atomic E-state index is 11.5. The van der Waals surface area contributed by atoms with Crippen molar-refractivity contribution in [1.82, 2.24) is 5.32 Å². The lowest BCUT2D eigenvalue weighted by Gasteiger charge is -2.61. The molecular weight excluding hydrogens is 310 g/mol. The van der Waals surface area contributed by atoms with Gasteiger partial charge in [0.25, 0.3) is 0 Å². The van der Waals surface area contributed by atoms with Gasteiger partial charge in [-0.15, -0.1) is 0 Å². The Labute approximate surface area is 154 Å². The molecule has 0 aliphatic heterocycles. The van der Waals surface area contributed by atoms with Gasteiger partial charge in [0, 0.05) is 18.5 Å². The zero-order valence-electron chi connectivity index (χ0n) is 16.4. The van der Waals surface area contributed by atoms with Crippen molar-refractivity contribution in [3.8, 4) is 0 Å². The van der Waals surface area contributed by atoms with Gasteiger partial charge in [-0.3, -0.25) is 0 Å². The Hall–Kier alpha value is -0.120. The minimum absolute atomic E-state index is 0.0640. The first-order chi connectivity index (χ1) is 11.9. The van der Waals surface area contributed by atoms with Crippen LogP contribution in [0.4, 0.5) is 0 Å². The van der Waals surface area contributed by atoms with E-state index in [2.05, 4.69) is 19.2 Å². The van der Waals surface area contributed by atoms with E-state index in [0.717, 1.165) is 24.2 Å². The van der Waals surface area contributed by atoms with Crippen molar-refractivity contribution in [1.29, 1.82) is 0 Å². The van der Waals surface area contributed by atoms with Gasteiger partial charge in [0.1, 0.15) is 0 Å². The fourth-order valence-corrected chi connectivity index (χ4v) is 8.07. The topological polar surface area (TPSA) is 52.5 Å². The Morgan fingerprint density at radius 3 is 2.52 bits per heavy atom. The summed E-state index contributed by atoms with van der Waals surface area (Å²) in [6.07, 6.45) is 13.3. The molecule has 4 aliphatic carbocycles. The second kappa shape index (κ2) is 6.49. The Morgan fingerprint density at radius 1 is 0.920 bits per heavy atom. The predicted octanol–water partition coefficient (Wildman–Crippen LogP) is 3.73. The molecule has 25 heavy (non-hydrogen) atoms. The molecule has 0 aromatic rings. The number of hydrogen-bond acceptors (Lipinski definition) is 3. The molecule has 3 heteroatoms. The summed E-state index contributed by atoms with van der Waals surface area (Å²) in [6.45, 7) is 6.41. The number of hydrogen-bond donors (Lipinski definition) is 3. The first-order valence-electron chi connectivity index (χ1n) is 11.0. The molecule has 3 nitrogen and oxygen atoms in total. The summed E-state index contributed by atoms with van der Waals surface area (Å²) in [5, 5.41) is 23.9. The van der Waals surface area contributed by atoms with Gasteiger partial charge in [-0.25, -0.2) is 0 Å². The molecule has 4 aliphatic rings. The van der Waals surface area contributed by atoms with Crippen molar-refractivity contribution in [2.45, 2.75) is 83.7 Å². The lowest BCUT2D eigenvalue weighted by Crippen LogP contribution is -2.58. The Bertz CT molecular complexity index is 496.